The van der Waals surface area contributed by atoms with Crippen LogP contribution in [0.25, 0.3) is 0 Å². The molecular formula is C8H10ClNO3. The fourth-order valence-corrected chi connectivity index (χ4v) is 0.964. The van der Waals surface area contributed by atoms with E-state index in [-0.39, 0.29) is 12.7 Å². The van der Waals surface area contributed by atoms with E-state index in [0.717, 1.165) is 5.56 Å². The number of carbonyl (C=O) groups excluding carboxylic acids is 1. The largest absolute Gasteiger partial charge is 0.509 e. The Morgan fingerprint density at radius 2 is 2.38 bits per heavy atom. The molecule has 1 rings (SSSR count). The molecule has 0 aromatic carbocycles. The van der Waals surface area contributed by atoms with Gasteiger partial charge in [-0.2, -0.15) is 0 Å². The molecule has 0 fully saturated rings. The molecule has 0 atom stereocenters. The van der Waals surface area contributed by atoms with Crippen molar-refractivity contribution in [3.63, 3.8) is 0 Å². The lowest BCUT2D eigenvalue weighted by Crippen LogP contribution is -2.05. The molecule has 13 heavy (non-hydrogen) atoms. The maximum Gasteiger partial charge on any atom is 0.509 e. The highest BCUT2D eigenvalue weighted by Gasteiger charge is 2.03. The monoisotopic (exact) mass is 203 g/mol. The molecule has 0 bridgehead atoms. The Hall–Kier alpha value is -1.16. The van der Waals surface area contributed by atoms with E-state index in [1.807, 2.05) is 30.1 Å². The van der Waals surface area contributed by atoms with E-state index in [1.54, 1.807) is 0 Å². The van der Waals surface area contributed by atoms with Crippen molar-refractivity contribution in [2.24, 2.45) is 7.05 Å². The highest BCUT2D eigenvalue weighted by Crippen LogP contribution is 2.02. The average molecular weight is 204 g/mol. The topological polar surface area (TPSA) is 40.5 Å². The molecule has 0 aliphatic carbocycles. The molecule has 0 N–H and O–H groups in total. The van der Waals surface area contributed by atoms with Crippen molar-refractivity contribution < 1.29 is 14.3 Å². The molecule has 0 amide bonds. The zero-order valence-corrected chi connectivity index (χ0v) is 7.95. The Morgan fingerprint density at radius 3 is 2.92 bits per heavy atom. The predicted octanol–water partition coefficient (Wildman–Crippen LogP) is 1.87. The molecule has 0 saturated carbocycles. The third kappa shape index (κ3) is 3.38. The van der Waals surface area contributed by atoms with Crippen molar-refractivity contribution in [1.29, 1.82) is 0 Å². The number of rotatable bonds is 3. The second kappa shape index (κ2) is 4.77. The minimum atomic E-state index is -0.751. The maximum absolute atomic E-state index is 10.7. The van der Waals surface area contributed by atoms with Crippen LogP contribution < -0.4 is 0 Å². The normalized spacial score (nSPS) is 9.69. The fourth-order valence-electron chi connectivity index (χ4n) is 0.875. The zero-order valence-electron chi connectivity index (χ0n) is 7.20. The average Bonchev–Trinajstić information content (AvgIpc) is 2.49. The van der Waals surface area contributed by atoms with Crippen molar-refractivity contribution in [3.8, 4) is 0 Å². The van der Waals surface area contributed by atoms with Crippen molar-refractivity contribution in [3.05, 3.63) is 24.0 Å². The second-order valence-electron chi connectivity index (χ2n) is 2.48. The maximum atomic E-state index is 10.7. The van der Waals surface area contributed by atoms with Gasteiger partial charge in [0.25, 0.3) is 0 Å². The summed E-state index contributed by atoms with van der Waals surface area (Å²) in [7, 11) is 1.89. The van der Waals surface area contributed by atoms with E-state index in [4.69, 9.17) is 16.3 Å². The number of ether oxygens (including phenoxy) is 2. The molecule has 4 nitrogen and oxygen atoms in total. The molecule has 0 aliphatic heterocycles. The van der Waals surface area contributed by atoms with Crippen LogP contribution in [0.3, 0.4) is 0 Å². The van der Waals surface area contributed by atoms with Crippen LogP contribution in [-0.4, -0.2) is 16.8 Å². The molecule has 0 saturated heterocycles. The van der Waals surface area contributed by atoms with Crippen LogP contribution in [0.4, 0.5) is 4.79 Å². The van der Waals surface area contributed by atoms with Gasteiger partial charge in [0, 0.05) is 25.0 Å². The lowest BCUT2D eigenvalue weighted by atomic mass is 10.4. The summed E-state index contributed by atoms with van der Waals surface area (Å²) in [5.41, 5.74) is 0.911. The van der Waals surface area contributed by atoms with Gasteiger partial charge in [-0.05, 0) is 6.07 Å². The number of aryl methyl sites for hydroxylation is 1. The van der Waals surface area contributed by atoms with Gasteiger partial charge < -0.3 is 14.0 Å². The molecule has 0 aliphatic rings. The number of hydrogen-bond donors (Lipinski definition) is 0. The second-order valence-corrected chi connectivity index (χ2v) is 2.70. The number of alkyl halides is 1. The van der Waals surface area contributed by atoms with Crippen molar-refractivity contribution >= 4 is 17.8 Å². The summed E-state index contributed by atoms with van der Waals surface area (Å²) in [6, 6.07) is 1.67. The molecule has 5 heteroatoms. The number of aromatic nitrogens is 1. The van der Waals surface area contributed by atoms with Crippen LogP contribution in [0.1, 0.15) is 5.56 Å². The molecular weight excluding hydrogens is 194 g/mol. The summed E-state index contributed by atoms with van der Waals surface area (Å²) in [6.45, 7) is 0.205. The van der Waals surface area contributed by atoms with Crippen molar-refractivity contribution in [1.82, 2.24) is 4.57 Å². The minimum absolute atomic E-state index is 0.187. The lowest BCUT2D eigenvalue weighted by molar-refractivity contribution is 0.0620. The minimum Gasteiger partial charge on any atom is -0.429 e. The smallest absolute Gasteiger partial charge is 0.429 e. The number of hydrogen-bond acceptors (Lipinski definition) is 3. The molecule has 1 aromatic heterocycles. The highest BCUT2D eigenvalue weighted by atomic mass is 35.5. The first-order valence-corrected chi connectivity index (χ1v) is 4.22. The van der Waals surface area contributed by atoms with Gasteiger partial charge in [0.05, 0.1) is 0 Å². The third-order valence-electron chi connectivity index (χ3n) is 1.42. The van der Waals surface area contributed by atoms with Crippen LogP contribution in [-0.2, 0) is 23.1 Å². The number of halogens is 1. The van der Waals surface area contributed by atoms with Crippen molar-refractivity contribution in [2.75, 3.05) is 6.07 Å². The Bertz CT molecular complexity index is 285. The van der Waals surface area contributed by atoms with E-state index in [0.29, 0.717) is 0 Å². The van der Waals surface area contributed by atoms with E-state index >= 15 is 0 Å². The molecule has 0 radical (unpaired) electrons. The summed E-state index contributed by atoms with van der Waals surface area (Å²) in [5.74, 6) is 0. The molecule has 1 aromatic rings. The van der Waals surface area contributed by atoms with Crippen LogP contribution in [0.15, 0.2) is 18.5 Å². The molecule has 0 spiro atoms. The third-order valence-corrected chi connectivity index (χ3v) is 1.53. The Balaban J connectivity index is 2.30. The van der Waals surface area contributed by atoms with Gasteiger partial charge in [-0.25, -0.2) is 4.79 Å². The van der Waals surface area contributed by atoms with Crippen LogP contribution in [0, 0.1) is 0 Å². The van der Waals surface area contributed by atoms with E-state index < -0.39 is 6.16 Å². The summed E-state index contributed by atoms with van der Waals surface area (Å²) in [6.07, 6.45) is 2.97. The highest BCUT2D eigenvalue weighted by molar-refractivity contribution is 6.17. The lowest BCUT2D eigenvalue weighted by Gasteiger charge is -2.01. The van der Waals surface area contributed by atoms with Gasteiger partial charge in [-0.3, -0.25) is 0 Å². The summed E-state index contributed by atoms with van der Waals surface area (Å²) in [4.78, 5) is 10.7. The first-order chi connectivity index (χ1) is 6.22. The summed E-state index contributed by atoms with van der Waals surface area (Å²) in [5, 5.41) is 0. The number of nitrogens with zero attached hydrogens (tertiary/aromatic N) is 1. The van der Waals surface area contributed by atoms with Crippen LogP contribution in [0.5, 0.6) is 0 Å². The fraction of sp³-hybridized carbons (Fsp3) is 0.375. The van der Waals surface area contributed by atoms with Gasteiger partial charge in [0.1, 0.15) is 6.61 Å². The van der Waals surface area contributed by atoms with Gasteiger partial charge in [0.2, 0.25) is 0 Å². The first-order valence-electron chi connectivity index (χ1n) is 3.68. The van der Waals surface area contributed by atoms with E-state index in [2.05, 4.69) is 4.74 Å². The van der Waals surface area contributed by atoms with Gasteiger partial charge >= 0.3 is 6.16 Å². The van der Waals surface area contributed by atoms with E-state index in [9.17, 15) is 4.79 Å². The summed E-state index contributed by atoms with van der Waals surface area (Å²) < 4.78 is 11.0. The summed E-state index contributed by atoms with van der Waals surface area (Å²) >= 11 is 5.16. The van der Waals surface area contributed by atoms with Gasteiger partial charge in [-0.15, -0.1) is 0 Å². The quantitative estimate of drug-likeness (QED) is 0.556. The molecule has 1 heterocycles. The van der Waals surface area contributed by atoms with Gasteiger partial charge in [-0.1, -0.05) is 11.6 Å². The Morgan fingerprint density at radius 1 is 1.62 bits per heavy atom. The first kappa shape index (κ1) is 9.92. The van der Waals surface area contributed by atoms with Gasteiger partial charge in [0.15, 0.2) is 6.07 Å². The standard InChI is InChI=1S/C8H10ClNO3/c1-10-3-2-7(4-10)5-12-8(11)13-6-9/h2-4H,5-6H2,1H3. The number of carbonyl (C=O) groups is 1. The molecule has 72 valence electrons. The Kier molecular flexibility index (Phi) is 3.64. The SMILES string of the molecule is Cn1ccc(COC(=O)OCCl)c1. The molecule has 0 unspecified atom stereocenters. The van der Waals surface area contributed by atoms with Crippen molar-refractivity contribution in [2.45, 2.75) is 6.61 Å². The Labute approximate surface area is 81.0 Å². The predicted molar refractivity (Wildman–Crippen MR) is 47.4 cm³/mol. The zero-order chi connectivity index (χ0) is 9.68. The van der Waals surface area contributed by atoms with E-state index in [1.165, 1.54) is 0 Å². The van der Waals surface area contributed by atoms with Crippen LogP contribution in [0.2, 0.25) is 0 Å². The van der Waals surface area contributed by atoms with Crippen LogP contribution >= 0.6 is 11.6 Å².